The lowest BCUT2D eigenvalue weighted by molar-refractivity contribution is 0.101. The van der Waals surface area contributed by atoms with E-state index in [1.165, 1.54) is 19.3 Å². The molecule has 1 aromatic rings. The first-order chi connectivity index (χ1) is 7.75. The Balaban J connectivity index is 1.96. The molecule has 0 amide bonds. The number of carbonyl (C=O) groups is 1. The van der Waals surface area contributed by atoms with Crippen molar-refractivity contribution in [3.05, 3.63) is 29.8 Å². The van der Waals surface area contributed by atoms with Gasteiger partial charge in [0.15, 0.2) is 5.78 Å². The van der Waals surface area contributed by atoms with Crippen molar-refractivity contribution in [1.29, 1.82) is 0 Å². The Kier molecular flexibility index (Phi) is 3.57. The number of piperidine rings is 1. The number of hydrogen-bond acceptors (Lipinski definition) is 3. The van der Waals surface area contributed by atoms with Gasteiger partial charge in [0.1, 0.15) is 0 Å². The smallest absolute Gasteiger partial charge is 0.159 e. The molecule has 1 fully saturated rings. The summed E-state index contributed by atoms with van der Waals surface area (Å²) >= 11 is 0. The summed E-state index contributed by atoms with van der Waals surface area (Å²) < 4.78 is 0. The molecule has 1 aliphatic rings. The predicted molar refractivity (Wildman–Crippen MR) is 65.5 cm³/mol. The van der Waals surface area contributed by atoms with Gasteiger partial charge in [-0.3, -0.25) is 4.79 Å². The highest BCUT2D eigenvalue weighted by Gasteiger charge is 2.09. The molecule has 0 aliphatic carbocycles. The first-order valence-electron chi connectivity index (χ1n) is 5.88. The van der Waals surface area contributed by atoms with Crippen LogP contribution in [0.4, 0.5) is 5.69 Å². The fraction of sp³-hybridized carbons (Fsp3) is 0.462. The van der Waals surface area contributed by atoms with E-state index in [2.05, 4.69) is 10.4 Å². The van der Waals surface area contributed by atoms with E-state index in [-0.39, 0.29) is 5.78 Å². The minimum Gasteiger partial charge on any atom is -0.319 e. The Hall–Kier alpha value is -1.35. The third-order valence-electron chi connectivity index (χ3n) is 2.93. The van der Waals surface area contributed by atoms with E-state index < -0.39 is 0 Å². The number of Topliss-reactive ketones (excluding diaryl/α,β-unsaturated/α-hetero) is 1. The molecule has 0 saturated carbocycles. The van der Waals surface area contributed by atoms with Crippen molar-refractivity contribution in [2.45, 2.75) is 26.2 Å². The fourth-order valence-corrected chi connectivity index (χ4v) is 1.97. The third kappa shape index (κ3) is 2.83. The monoisotopic (exact) mass is 218 g/mol. The standard InChI is InChI=1S/C13H18N2O/c1-11(16)12-5-7-13(8-6-12)14-15-9-3-2-4-10-15/h5-8,14H,2-4,9-10H2,1H3. The van der Waals surface area contributed by atoms with Gasteiger partial charge in [-0.25, -0.2) is 5.01 Å². The number of hydrogen-bond donors (Lipinski definition) is 1. The molecule has 16 heavy (non-hydrogen) atoms. The van der Waals surface area contributed by atoms with E-state index in [0.717, 1.165) is 24.3 Å². The molecule has 0 spiro atoms. The lowest BCUT2D eigenvalue weighted by atomic mass is 10.1. The van der Waals surface area contributed by atoms with Crippen molar-refractivity contribution in [3.8, 4) is 0 Å². The maximum absolute atomic E-state index is 11.1. The van der Waals surface area contributed by atoms with Crippen molar-refractivity contribution < 1.29 is 4.79 Å². The van der Waals surface area contributed by atoms with Crippen LogP contribution >= 0.6 is 0 Å². The zero-order valence-electron chi connectivity index (χ0n) is 9.70. The van der Waals surface area contributed by atoms with Crippen LogP contribution in [-0.2, 0) is 0 Å². The summed E-state index contributed by atoms with van der Waals surface area (Å²) in [6.45, 7) is 3.80. The minimum absolute atomic E-state index is 0.115. The highest BCUT2D eigenvalue weighted by molar-refractivity contribution is 5.94. The van der Waals surface area contributed by atoms with Gasteiger partial charge in [-0.2, -0.15) is 0 Å². The van der Waals surface area contributed by atoms with E-state index in [1.807, 2.05) is 24.3 Å². The van der Waals surface area contributed by atoms with E-state index in [4.69, 9.17) is 0 Å². The van der Waals surface area contributed by atoms with E-state index in [0.29, 0.717) is 0 Å². The highest BCUT2D eigenvalue weighted by Crippen LogP contribution is 2.14. The lowest BCUT2D eigenvalue weighted by Gasteiger charge is -2.27. The largest absolute Gasteiger partial charge is 0.319 e. The fourth-order valence-electron chi connectivity index (χ4n) is 1.97. The van der Waals surface area contributed by atoms with Gasteiger partial charge in [0.25, 0.3) is 0 Å². The molecule has 3 nitrogen and oxygen atoms in total. The van der Waals surface area contributed by atoms with Gasteiger partial charge in [-0.05, 0) is 44.0 Å². The van der Waals surface area contributed by atoms with Crippen molar-refractivity contribution >= 4 is 11.5 Å². The summed E-state index contributed by atoms with van der Waals surface area (Å²) in [5.41, 5.74) is 5.20. The van der Waals surface area contributed by atoms with Crippen LogP contribution in [0.1, 0.15) is 36.5 Å². The summed E-state index contributed by atoms with van der Waals surface area (Å²) in [4.78, 5) is 11.1. The summed E-state index contributed by atoms with van der Waals surface area (Å²) in [7, 11) is 0. The quantitative estimate of drug-likeness (QED) is 0.792. The van der Waals surface area contributed by atoms with Crippen molar-refractivity contribution in [2.24, 2.45) is 0 Å². The first kappa shape index (κ1) is 11.1. The average Bonchev–Trinajstić information content (AvgIpc) is 2.31. The molecule has 0 unspecified atom stereocenters. The van der Waals surface area contributed by atoms with Crippen molar-refractivity contribution in [2.75, 3.05) is 18.5 Å². The number of anilines is 1. The van der Waals surface area contributed by atoms with Crippen LogP contribution in [0.15, 0.2) is 24.3 Å². The maximum Gasteiger partial charge on any atom is 0.159 e. The van der Waals surface area contributed by atoms with Crippen LogP contribution in [0, 0.1) is 0 Å². The Labute approximate surface area is 96.4 Å². The van der Waals surface area contributed by atoms with Gasteiger partial charge in [-0.1, -0.05) is 6.42 Å². The molecule has 0 atom stereocenters. The molecule has 1 N–H and O–H groups in total. The second kappa shape index (κ2) is 5.12. The second-order valence-corrected chi connectivity index (χ2v) is 4.29. The van der Waals surface area contributed by atoms with Crippen LogP contribution in [-0.4, -0.2) is 23.9 Å². The lowest BCUT2D eigenvalue weighted by Crippen LogP contribution is -2.34. The van der Waals surface area contributed by atoms with Crippen LogP contribution in [0.3, 0.4) is 0 Å². The van der Waals surface area contributed by atoms with E-state index >= 15 is 0 Å². The summed E-state index contributed by atoms with van der Waals surface area (Å²) in [5, 5.41) is 2.24. The van der Waals surface area contributed by atoms with Crippen LogP contribution in [0.5, 0.6) is 0 Å². The summed E-state index contributed by atoms with van der Waals surface area (Å²) in [5.74, 6) is 0.115. The van der Waals surface area contributed by atoms with Gasteiger partial charge in [0, 0.05) is 24.3 Å². The van der Waals surface area contributed by atoms with E-state index in [9.17, 15) is 4.79 Å². The van der Waals surface area contributed by atoms with Gasteiger partial charge in [-0.15, -0.1) is 0 Å². The zero-order valence-corrected chi connectivity index (χ0v) is 9.70. The average molecular weight is 218 g/mol. The molecule has 3 heteroatoms. The Morgan fingerprint density at radius 1 is 1.12 bits per heavy atom. The SMILES string of the molecule is CC(=O)c1ccc(NN2CCCCC2)cc1. The van der Waals surface area contributed by atoms with Crippen LogP contribution in [0.25, 0.3) is 0 Å². The third-order valence-corrected chi connectivity index (χ3v) is 2.93. The van der Waals surface area contributed by atoms with Crippen LogP contribution in [0.2, 0.25) is 0 Å². The molecule has 2 rings (SSSR count). The molecule has 86 valence electrons. The number of nitrogens with zero attached hydrogens (tertiary/aromatic N) is 1. The normalized spacial score (nSPS) is 17.1. The number of nitrogens with one attached hydrogen (secondary N) is 1. The molecule has 0 radical (unpaired) electrons. The molecular weight excluding hydrogens is 200 g/mol. The molecule has 1 aromatic carbocycles. The predicted octanol–water partition coefficient (Wildman–Crippen LogP) is 2.70. The second-order valence-electron chi connectivity index (χ2n) is 4.29. The van der Waals surface area contributed by atoms with Gasteiger partial charge in [0.2, 0.25) is 0 Å². The molecular formula is C13H18N2O. The number of carbonyl (C=O) groups excluding carboxylic acids is 1. The first-order valence-corrected chi connectivity index (χ1v) is 5.88. The van der Waals surface area contributed by atoms with E-state index in [1.54, 1.807) is 6.92 Å². The Morgan fingerprint density at radius 3 is 2.31 bits per heavy atom. The Bertz CT molecular complexity index is 353. The highest BCUT2D eigenvalue weighted by atomic mass is 16.1. The zero-order chi connectivity index (χ0) is 11.4. The van der Waals surface area contributed by atoms with Gasteiger partial charge >= 0.3 is 0 Å². The van der Waals surface area contributed by atoms with Crippen molar-refractivity contribution in [3.63, 3.8) is 0 Å². The number of ketones is 1. The number of hydrazine groups is 1. The molecule has 1 heterocycles. The Morgan fingerprint density at radius 2 is 1.75 bits per heavy atom. The number of benzene rings is 1. The molecule has 0 aromatic heterocycles. The van der Waals surface area contributed by atoms with Gasteiger partial charge < -0.3 is 5.43 Å². The molecule has 1 saturated heterocycles. The topological polar surface area (TPSA) is 32.3 Å². The summed E-state index contributed by atoms with van der Waals surface area (Å²) in [6.07, 6.45) is 3.86. The van der Waals surface area contributed by atoms with Gasteiger partial charge in [0.05, 0.1) is 0 Å². The number of rotatable bonds is 3. The molecule has 0 bridgehead atoms. The summed E-state index contributed by atoms with van der Waals surface area (Å²) in [6, 6.07) is 7.67. The minimum atomic E-state index is 0.115. The van der Waals surface area contributed by atoms with Crippen molar-refractivity contribution in [1.82, 2.24) is 5.01 Å². The maximum atomic E-state index is 11.1. The molecule has 1 aliphatic heterocycles. The van der Waals surface area contributed by atoms with Crippen LogP contribution < -0.4 is 5.43 Å².